The highest BCUT2D eigenvalue weighted by Gasteiger charge is 2.14. The van der Waals surface area contributed by atoms with Crippen molar-refractivity contribution < 1.29 is 19.4 Å². The number of carbonyl (C=O) groups is 2. The van der Waals surface area contributed by atoms with Crippen molar-refractivity contribution in [2.24, 2.45) is 0 Å². The Kier molecular flexibility index (Phi) is 6.40. The number of halogens is 3. The second kappa shape index (κ2) is 7.07. The molecule has 0 saturated carbocycles. The predicted octanol–water partition coefficient (Wildman–Crippen LogP) is 1.80. The lowest BCUT2D eigenvalue weighted by molar-refractivity contribution is -0.306. The Morgan fingerprint density at radius 1 is 1.24 bits per heavy atom. The van der Waals surface area contributed by atoms with Crippen LogP contribution < -0.4 is 5.11 Å². The van der Waals surface area contributed by atoms with Gasteiger partial charge in [-0.25, -0.2) is 4.79 Å². The van der Waals surface area contributed by atoms with Crippen LogP contribution in [-0.4, -0.2) is 18.5 Å². The van der Waals surface area contributed by atoms with Crippen LogP contribution in [0.5, 0.6) is 0 Å². The van der Waals surface area contributed by atoms with Crippen LogP contribution in [0.15, 0.2) is 12.1 Å². The number of esters is 1. The van der Waals surface area contributed by atoms with Gasteiger partial charge in [0.2, 0.25) is 0 Å². The van der Waals surface area contributed by atoms with Crippen molar-refractivity contribution in [1.82, 2.24) is 0 Å². The summed E-state index contributed by atoms with van der Waals surface area (Å²) in [6.45, 7) is -0.167. The van der Waals surface area contributed by atoms with Gasteiger partial charge >= 0.3 is 5.97 Å². The second-order valence-electron chi connectivity index (χ2n) is 3.01. The molecule has 0 amide bonds. The van der Waals surface area contributed by atoms with Gasteiger partial charge in [0.15, 0.2) is 0 Å². The van der Waals surface area contributed by atoms with Crippen LogP contribution in [-0.2, 0) is 9.53 Å². The number of carbonyl (C=O) groups excluding carboxylic acids is 2. The Hall–Kier alpha value is 0.350. The summed E-state index contributed by atoms with van der Waals surface area (Å²) < 4.78 is 7.56. The highest BCUT2D eigenvalue weighted by atomic mass is 127. The first-order valence-electron chi connectivity index (χ1n) is 4.43. The largest absolute Gasteiger partial charge is 0.550 e. The van der Waals surface area contributed by atoms with Crippen molar-refractivity contribution >= 4 is 79.7 Å². The molecule has 0 aromatic heterocycles. The average molecular weight is 571 g/mol. The fourth-order valence-corrected chi connectivity index (χ4v) is 3.39. The predicted molar refractivity (Wildman–Crippen MR) is 84.5 cm³/mol. The smallest absolute Gasteiger partial charge is 0.339 e. The van der Waals surface area contributed by atoms with E-state index in [1.54, 1.807) is 6.07 Å². The average Bonchev–Trinajstić information content (AvgIpc) is 2.22. The van der Waals surface area contributed by atoms with E-state index in [4.69, 9.17) is 4.74 Å². The van der Waals surface area contributed by atoms with Gasteiger partial charge in [0.1, 0.15) is 0 Å². The van der Waals surface area contributed by atoms with Gasteiger partial charge in [0.05, 0.1) is 12.2 Å². The zero-order valence-corrected chi connectivity index (χ0v) is 14.8. The van der Waals surface area contributed by atoms with Crippen molar-refractivity contribution in [2.45, 2.75) is 6.42 Å². The Labute approximate surface area is 139 Å². The van der Waals surface area contributed by atoms with E-state index in [2.05, 4.69) is 67.8 Å². The quantitative estimate of drug-likeness (QED) is 0.315. The molecular formula is C10H6I3O4-. The van der Waals surface area contributed by atoms with Crippen LogP contribution in [0.3, 0.4) is 0 Å². The molecule has 1 aromatic carbocycles. The molecule has 17 heavy (non-hydrogen) atoms. The van der Waals surface area contributed by atoms with Crippen LogP contribution in [0, 0.1) is 10.7 Å². The molecule has 0 aliphatic rings. The third-order valence-electron chi connectivity index (χ3n) is 1.75. The van der Waals surface area contributed by atoms with Crippen LogP contribution in [0.4, 0.5) is 0 Å². The monoisotopic (exact) mass is 571 g/mol. The normalized spacial score (nSPS) is 10.1. The third-order valence-corrected chi connectivity index (χ3v) is 5.42. The van der Waals surface area contributed by atoms with Gasteiger partial charge in [-0.15, -0.1) is 0 Å². The number of carboxylic acid groups (broad SMARTS) is 1. The minimum Gasteiger partial charge on any atom is -0.550 e. The Balaban J connectivity index is 2.78. The third kappa shape index (κ3) is 4.85. The van der Waals surface area contributed by atoms with Gasteiger partial charge in [0, 0.05) is 23.1 Å². The summed E-state index contributed by atoms with van der Waals surface area (Å²) in [4.78, 5) is 21.9. The van der Waals surface area contributed by atoms with Gasteiger partial charge in [-0.1, -0.05) is 0 Å². The molecular weight excluding hydrogens is 565 g/mol. The fourth-order valence-electron chi connectivity index (χ4n) is 1.01. The van der Waals surface area contributed by atoms with Gasteiger partial charge < -0.3 is 14.6 Å². The van der Waals surface area contributed by atoms with Crippen LogP contribution in [0.2, 0.25) is 0 Å². The summed E-state index contributed by atoms with van der Waals surface area (Å²) in [7, 11) is 0. The van der Waals surface area contributed by atoms with E-state index >= 15 is 0 Å². The molecule has 0 bridgehead atoms. The first kappa shape index (κ1) is 15.4. The maximum absolute atomic E-state index is 11.7. The van der Waals surface area contributed by atoms with Crippen molar-refractivity contribution in [3.63, 3.8) is 0 Å². The molecule has 0 radical (unpaired) electrons. The molecule has 0 aliphatic carbocycles. The van der Waals surface area contributed by atoms with E-state index in [9.17, 15) is 14.7 Å². The van der Waals surface area contributed by atoms with Crippen molar-refractivity contribution in [1.29, 1.82) is 0 Å². The lowest BCUT2D eigenvalue weighted by Gasteiger charge is -2.08. The lowest BCUT2D eigenvalue weighted by Crippen LogP contribution is -2.24. The maximum Gasteiger partial charge on any atom is 0.339 e. The molecule has 1 rings (SSSR count). The minimum atomic E-state index is -1.23. The summed E-state index contributed by atoms with van der Waals surface area (Å²) in [5.41, 5.74) is 0.459. The number of rotatable bonds is 4. The van der Waals surface area contributed by atoms with Gasteiger partial charge in [-0.2, -0.15) is 0 Å². The molecule has 4 nitrogen and oxygen atoms in total. The fraction of sp³-hybridized carbons (Fsp3) is 0.200. The van der Waals surface area contributed by atoms with Crippen molar-refractivity contribution in [3.05, 3.63) is 28.4 Å². The molecule has 0 N–H and O–H groups in total. The molecule has 0 saturated heterocycles. The van der Waals surface area contributed by atoms with Gasteiger partial charge in [-0.05, 0) is 79.9 Å². The number of hydrogen-bond acceptors (Lipinski definition) is 4. The number of benzene rings is 1. The Morgan fingerprint density at radius 3 is 2.47 bits per heavy atom. The standard InChI is InChI=1S/C10H7I3O4/c11-5-3-6(9(13)7(12)4-5)10(16)17-2-1-8(14)15/h3-4H,1-2H2,(H,14,15)/p-1. The first-order chi connectivity index (χ1) is 7.91. The number of carboxylic acids is 1. The van der Waals surface area contributed by atoms with Crippen LogP contribution in [0.1, 0.15) is 16.8 Å². The van der Waals surface area contributed by atoms with E-state index in [0.717, 1.165) is 10.7 Å². The summed E-state index contributed by atoms with van der Waals surface area (Å²) in [5, 5.41) is 10.2. The van der Waals surface area contributed by atoms with E-state index in [1.165, 1.54) is 0 Å². The number of aliphatic carboxylic acids is 1. The number of hydrogen-bond donors (Lipinski definition) is 0. The van der Waals surface area contributed by atoms with Crippen molar-refractivity contribution in [3.8, 4) is 0 Å². The second-order valence-corrected chi connectivity index (χ2v) is 6.49. The molecule has 0 unspecified atom stereocenters. The van der Waals surface area contributed by atoms with E-state index in [0.29, 0.717) is 5.56 Å². The molecule has 0 aliphatic heterocycles. The molecule has 0 spiro atoms. The zero-order valence-electron chi connectivity index (χ0n) is 8.34. The van der Waals surface area contributed by atoms with Crippen LogP contribution in [0.25, 0.3) is 0 Å². The minimum absolute atomic E-state index is 0.167. The molecule has 0 atom stereocenters. The Morgan fingerprint density at radius 2 is 1.88 bits per heavy atom. The summed E-state index contributed by atoms with van der Waals surface area (Å²) >= 11 is 6.30. The van der Waals surface area contributed by atoms with E-state index < -0.39 is 11.9 Å². The summed E-state index contributed by atoms with van der Waals surface area (Å²) in [6, 6.07) is 3.66. The van der Waals surface area contributed by atoms with E-state index in [-0.39, 0.29) is 13.0 Å². The van der Waals surface area contributed by atoms with Gasteiger partial charge in [0.25, 0.3) is 0 Å². The molecule has 0 heterocycles. The first-order valence-corrected chi connectivity index (χ1v) is 7.67. The molecule has 1 aromatic rings. The lowest BCUT2D eigenvalue weighted by atomic mass is 10.2. The highest BCUT2D eigenvalue weighted by molar-refractivity contribution is 14.1. The van der Waals surface area contributed by atoms with Crippen LogP contribution >= 0.6 is 67.8 Å². The van der Waals surface area contributed by atoms with Crippen molar-refractivity contribution in [2.75, 3.05) is 6.61 Å². The molecule has 7 heteroatoms. The maximum atomic E-state index is 11.7. The van der Waals surface area contributed by atoms with Gasteiger partial charge in [-0.3, -0.25) is 0 Å². The number of ether oxygens (including phenoxy) is 1. The zero-order chi connectivity index (χ0) is 13.0. The molecule has 92 valence electrons. The molecule has 0 fully saturated rings. The topological polar surface area (TPSA) is 66.4 Å². The summed E-state index contributed by atoms with van der Waals surface area (Å²) in [5.74, 6) is -1.74. The van der Waals surface area contributed by atoms with E-state index in [1.807, 2.05) is 6.07 Å². The summed E-state index contributed by atoms with van der Waals surface area (Å²) in [6.07, 6.45) is -0.288. The highest BCUT2D eigenvalue weighted by Crippen LogP contribution is 2.23. The Bertz CT molecular complexity index is 459. The SMILES string of the molecule is O=C([O-])CCOC(=O)c1cc(I)cc(I)c1I.